The van der Waals surface area contributed by atoms with Crippen LogP contribution in [0.3, 0.4) is 0 Å². The van der Waals surface area contributed by atoms with Crippen molar-refractivity contribution in [1.29, 1.82) is 0 Å². The fourth-order valence-corrected chi connectivity index (χ4v) is 1.37. The topological polar surface area (TPSA) is 267 Å². The SMILES string of the molecule is CC(=O)[O-].CC(=O)[O-].CC(=O)[O-].CC(=O)[O-].CC(=O)[O-].CC(=O)[O-].Cc1ccnc(C)c1.Cc1ccnc(C)c1.[Zn+2].[Zn+2].[Zn+2]. The molecule has 0 aromatic carbocycles. The van der Waals surface area contributed by atoms with E-state index in [-0.39, 0.29) is 58.4 Å². The molecule has 14 nitrogen and oxygen atoms in total. The number of nitrogens with zero attached hydrogens (tertiary/aromatic N) is 2. The predicted molar refractivity (Wildman–Crippen MR) is 132 cm³/mol. The molecule has 2 aromatic rings. The molecule has 0 aliphatic heterocycles. The van der Waals surface area contributed by atoms with E-state index in [9.17, 15) is 0 Å². The van der Waals surface area contributed by atoms with Gasteiger partial charge in [-0.15, -0.1) is 0 Å². The van der Waals surface area contributed by atoms with Gasteiger partial charge in [-0.3, -0.25) is 9.97 Å². The van der Waals surface area contributed by atoms with Gasteiger partial charge < -0.3 is 59.4 Å². The molecule has 0 amide bonds. The standard InChI is InChI=1S/2C7H9N.6C2H4O2.3Zn/c2*1-6-3-4-8-7(2)5-6;6*1-2(3)4;;;/h2*3-5H,1-2H3;6*1H3,(H,3,4);;;/q;;;;;;;;3*+2/p-6. The van der Waals surface area contributed by atoms with Crippen LogP contribution in [0, 0.1) is 27.7 Å². The smallest absolute Gasteiger partial charge is 0.550 e. The van der Waals surface area contributed by atoms with E-state index in [1.54, 1.807) is 0 Å². The zero-order chi connectivity index (χ0) is 33.4. The molecule has 0 radical (unpaired) electrons. The summed E-state index contributed by atoms with van der Waals surface area (Å²) in [6.07, 6.45) is 3.65. The van der Waals surface area contributed by atoms with Gasteiger partial charge in [0, 0.05) is 59.6 Å². The number of aliphatic carboxylic acids is 6. The molecule has 0 bridgehead atoms. The third-order valence-corrected chi connectivity index (χ3v) is 2.10. The van der Waals surface area contributed by atoms with Crippen molar-refractivity contribution in [1.82, 2.24) is 9.97 Å². The van der Waals surface area contributed by atoms with Crippen LogP contribution in [0.25, 0.3) is 0 Å². The zero-order valence-corrected chi connectivity index (χ0v) is 35.3. The molecule has 0 N–H and O–H groups in total. The van der Waals surface area contributed by atoms with Gasteiger partial charge in [0.2, 0.25) is 0 Å². The summed E-state index contributed by atoms with van der Waals surface area (Å²) < 4.78 is 0. The number of carboxylic acid groups (broad SMARTS) is 6. The average Bonchev–Trinajstić information content (AvgIpc) is 2.65. The van der Waals surface area contributed by atoms with Crippen LogP contribution in [0.5, 0.6) is 0 Å². The van der Waals surface area contributed by atoms with Crippen molar-refractivity contribution >= 4 is 35.8 Å². The molecule has 228 valence electrons. The number of rotatable bonds is 0. The van der Waals surface area contributed by atoms with Gasteiger partial charge in [-0.05, 0) is 105 Å². The van der Waals surface area contributed by atoms with Gasteiger partial charge in [0.25, 0.3) is 0 Å². The van der Waals surface area contributed by atoms with Crippen molar-refractivity contribution in [3.63, 3.8) is 0 Å². The van der Waals surface area contributed by atoms with Crippen molar-refractivity contribution in [2.75, 3.05) is 0 Å². The van der Waals surface area contributed by atoms with Crippen LogP contribution in [0.15, 0.2) is 36.7 Å². The normalized spacial score (nSPS) is 6.93. The van der Waals surface area contributed by atoms with Gasteiger partial charge in [0.05, 0.1) is 0 Å². The van der Waals surface area contributed by atoms with Gasteiger partial charge in [0.15, 0.2) is 0 Å². The van der Waals surface area contributed by atoms with Crippen LogP contribution in [0.2, 0.25) is 0 Å². The summed E-state index contributed by atoms with van der Waals surface area (Å²) in [6.45, 7) is 13.9. The van der Waals surface area contributed by atoms with Gasteiger partial charge >= 0.3 is 58.4 Å². The summed E-state index contributed by atoms with van der Waals surface area (Å²) in [4.78, 5) is 61.4. The molecule has 2 heterocycles. The summed E-state index contributed by atoms with van der Waals surface area (Å²) >= 11 is 0. The first-order valence-corrected chi connectivity index (χ1v) is 10.8. The third-order valence-electron chi connectivity index (χ3n) is 2.10. The Balaban J connectivity index is -0.0000000446. The summed E-state index contributed by atoms with van der Waals surface area (Å²) in [7, 11) is 0. The zero-order valence-electron chi connectivity index (χ0n) is 26.4. The average molecular weight is 765 g/mol. The second kappa shape index (κ2) is 46.0. The Kier molecular flexibility index (Phi) is 67.7. The van der Waals surface area contributed by atoms with E-state index in [0.29, 0.717) is 0 Å². The van der Waals surface area contributed by atoms with Crippen molar-refractivity contribution in [3.05, 3.63) is 59.2 Å². The van der Waals surface area contributed by atoms with E-state index in [1.807, 2.05) is 38.4 Å². The molecule has 0 atom stereocenters. The molecule has 0 saturated heterocycles. The molecular weight excluding hydrogens is 728 g/mol. The van der Waals surface area contributed by atoms with Gasteiger partial charge in [-0.2, -0.15) is 0 Å². The second-order valence-electron chi connectivity index (χ2n) is 6.90. The molecule has 0 saturated carbocycles. The van der Waals surface area contributed by atoms with E-state index in [1.165, 1.54) is 11.1 Å². The fraction of sp³-hybridized carbons (Fsp3) is 0.385. The largest absolute Gasteiger partial charge is 2.00 e. The Labute approximate surface area is 290 Å². The number of hydrogen-bond donors (Lipinski definition) is 0. The number of pyridine rings is 2. The Bertz CT molecular complexity index is 814. The Morgan fingerprint density at radius 2 is 0.581 bits per heavy atom. The van der Waals surface area contributed by atoms with Crippen LogP contribution < -0.4 is 30.6 Å². The van der Waals surface area contributed by atoms with E-state index >= 15 is 0 Å². The van der Waals surface area contributed by atoms with Crippen molar-refractivity contribution < 1.29 is 118 Å². The predicted octanol–water partition coefficient (Wildman–Crippen LogP) is -4.07. The quantitative estimate of drug-likeness (QED) is 0.231. The number of carbonyl (C=O) groups excluding carboxylic acids is 6. The van der Waals surface area contributed by atoms with E-state index in [4.69, 9.17) is 59.4 Å². The van der Waals surface area contributed by atoms with Crippen LogP contribution in [0.1, 0.15) is 64.1 Å². The molecule has 17 heteroatoms. The minimum atomic E-state index is -1.08. The van der Waals surface area contributed by atoms with Gasteiger partial charge in [-0.1, -0.05) is 0 Å². The van der Waals surface area contributed by atoms with Crippen LogP contribution >= 0.6 is 0 Å². The van der Waals surface area contributed by atoms with Gasteiger partial charge in [-0.25, -0.2) is 0 Å². The van der Waals surface area contributed by atoms with E-state index in [2.05, 4.69) is 35.9 Å². The molecule has 0 aliphatic carbocycles. The van der Waals surface area contributed by atoms with Crippen molar-refractivity contribution in [2.24, 2.45) is 0 Å². The number of aryl methyl sites for hydroxylation is 4. The first-order valence-electron chi connectivity index (χ1n) is 10.8. The van der Waals surface area contributed by atoms with E-state index in [0.717, 1.165) is 52.9 Å². The Morgan fingerprint density at radius 3 is 0.651 bits per heavy atom. The van der Waals surface area contributed by atoms with E-state index < -0.39 is 35.8 Å². The molecule has 0 spiro atoms. The number of carboxylic acids is 6. The summed E-state index contributed by atoms with van der Waals surface area (Å²) in [5, 5.41) is 53.3. The number of carbonyl (C=O) groups is 6. The maximum absolute atomic E-state index is 8.89. The number of aromatic nitrogens is 2. The van der Waals surface area contributed by atoms with Crippen LogP contribution in [-0.2, 0) is 87.2 Å². The van der Waals surface area contributed by atoms with Gasteiger partial charge in [0.1, 0.15) is 0 Å². The summed E-state index contributed by atoms with van der Waals surface area (Å²) in [5.41, 5.74) is 4.73. The number of hydrogen-bond acceptors (Lipinski definition) is 14. The minimum absolute atomic E-state index is 0. The molecule has 0 unspecified atom stereocenters. The maximum Gasteiger partial charge on any atom is 2.00 e. The maximum atomic E-state index is 8.89. The molecule has 0 fully saturated rings. The molecule has 0 aliphatic rings. The van der Waals surface area contributed by atoms with Crippen molar-refractivity contribution in [2.45, 2.75) is 69.2 Å². The van der Waals surface area contributed by atoms with Crippen molar-refractivity contribution in [3.8, 4) is 0 Å². The Hall–Kier alpha value is -3.01. The first kappa shape index (κ1) is 63.3. The Morgan fingerprint density at radius 1 is 0.442 bits per heavy atom. The fourth-order valence-electron chi connectivity index (χ4n) is 1.37. The van der Waals surface area contributed by atoms with Crippen LogP contribution in [0.4, 0.5) is 0 Å². The molecule has 2 rings (SSSR count). The summed E-state index contributed by atoms with van der Waals surface area (Å²) in [5.74, 6) is -6.50. The molecule has 2 aromatic heterocycles. The third kappa shape index (κ3) is 185. The second-order valence-corrected chi connectivity index (χ2v) is 6.90. The molecular formula is C26H36N2O12Zn3. The monoisotopic (exact) mass is 760 g/mol. The van der Waals surface area contributed by atoms with Crippen LogP contribution in [-0.4, -0.2) is 45.8 Å². The first-order chi connectivity index (χ1) is 18.0. The summed E-state index contributed by atoms with van der Waals surface area (Å²) in [6, 6.07) is 8.10. The molecule has 43 heavy (non-hydrogen) atoms. The minimum Gasteiger partial charge on any atom is -0.550 e.